The summed E-state index contributed by atoms with van der Waals surface area (Å²) in [6.07, 6.45) is 2.65. The highest BCUT2D eigenvalue weighted by Crippen LogP contribution is 2.33. The highest BCUT2D eigenvalue weighted by atomic mass is 35.5. The number of halogens is 1. The third-order valence-corrected chi connectivity index (χ3v) is 5.78. The van der Waals surface area contributed by atoms with Crippen molar-refractivity contribution < 1.29 is 17.9 Å². The van der Waals surface area contributed by atoms with Crippen molar-refractivity contribution in [2.45, 2.75) is 30.2 Å². The van der Waals surface area contributed by atoms with Gasteiger partial charge < -0.3 is 15.2 Å². The van der Waals surface area contributed by atoms with Crippen molar-refractivity contribution in [3.05, 3.63) is 18.2 Å². The van der Waals surface area contributed by atoms with E-state index >= 15 is 0 Å². The molecular formula is C14H23ClN2O4S. The number of nitrogens with two attached hydrogens (primary N) is 1. The molecule has 0 aromatic heterocycles. The molecule has 126 valence electrons. The molecule has 1 fully saturated rings. The summed E-state index contributed by atoms with van der Waals surface area (Å²) in [5.41, 5.74) is 5.73. The van der Waals surface area contributed by atoms with Crippen LogP contribution in [0.25, 0.3) is 0 Å². The molecule has 1 saturated heterocycles. The number of hydrogen-bond donors (Lipinski definition) is 1. The van der Waals surface area contributed by atoms with Gasteiger partial charge in [0.15, 0.2) is 0 Å². The van der Waals surface area contributed by atoms with Gasteiger partial charge in [-0.15, -0.1) is 12.4 Å². The molecule has 1 aliphatic rings. The quantitative estimate of drug-likeness (QED) is 0.872. The molecule has 0 aliphatic carbocycles. The van der Waals surface area contributed by atoms with Crippen LogP contribution < -0.4 is 15.2 Å². The number of rotatable bonds is 5. The van der Waals surface area contributed by atoms with Crippen LogP contribution in [-0.2, 0) is 10.0 Å². The van der Waals surface area contributed by atoms with Crippen LogP contribution in [0.15, 0.2) is 23.1 Å². The lowest BCUT2D eigenvalue weighted by Gasteiger charge is -2.34. The maximum absolute atomic E-state index is 12.9. The summed E-state index contributed by atoms with van der Waals surface area (Å²) >= 11 is 0. The van der Waals surface area contributed by atoms with E-state index in [0.29, 0.717) is 24.6 Å². The van der Waals surface area contributed by atoms with Gasteiger partial charge in [-0.3, -0.25) is 0 Å². The Kier molecular flexibility index (Phi) is 6.93. The van der Waals surface area contributed by atoms with E-state index in [0.717, 1.165) is 19.3 Å². The van der Waals surface area contributed by atoms with E-state index in [-0.39, 0.29) is 23.3 Å². The summed E-state index contributed by atoms with van der Waals surface area (Å²) in [5.74, 6) is 0.799. The van der Waals surface area contributed by atoms with Gasteiger partial charge in [0.1, 0.15) is 16.4 Å². The topological polar surface area (TPSA) is 81.9 Å². The van der Waals surface area contributed by atoms with Gasteiger partial charge in [0.05, 0.1) is 14.2 Å². The zero-order chi connectivity index (χ0) is 15.5. The standard InChI is InChI=1S/C14H22N2O4S.ClH/c1-19-12-6-7-13(20-2)14(9-12)21(17,18)16-8-4-3-5-11(16)10-15;/h6-7,9,11H,3-5,8,10,15H2,1-2H3;1H. The number of hydrogen-bond acceptors (Lipinski definition) is 5. The Balaban J connectivity index is 0.00000242. The first kappa shape index (κ1) is 19.0. The van der Waals surface area contributed by atoms with Crippen LogP contribution in [0.4, 0.5) is 0 Å². The molecule has 2 rings (SSSR count). The van der Waals surface area contributed by atoms with Crippen LogP contribution in [0.3, 0.4) is 0 Å². The molecule has 1 aliphatic heterocycles. The van der Waals surface area contributed by atoms with Crippen molar-refractivity contribution in [2.24, 2.45) is 5.73 Å². The van der Waals surface area contributed by atoms with Crippen LogP contribution in [0.1, 0.15) is 19.3 Å². The first-order chi connectivity index (χ1) is 10.0. The number of piperidine rings is 1. The number of sulfonamides is 1. The molecule has 22 heavy (non-hydrogen) atoms. The SMILES string of the molecule is COc1ccc(OC)c(S(=O)(=O)N2CCCCC2CN)c1.Cl. The number of nitrogens with zero attached hydrogens (tertiary/aromatic N) is 1. The average molecular weight is 351 g/mol. The highest BCUT2D eigenvalue weighted by Gasteiger charge is 2.34. The fourth-order valence-corrected chi connectivity index (χ4v) is 4.51. The van der Waals surface area contributed by atoms with Crippen LogP contribution in [0.2, 0.25) is 0 Å². The number of ether oxygens (including phenoxy) is 2. The molecule has 0 spiro atoms. The van der Waals surface area contributed by atoms with Crippen molar-refractivity contribution in [1.82, 2.24) is 4.31 Å². The van der Waals surface area contributed by atoms with Gasteiger partial charge in [-0.2, -0.15) is 4.31 Å². The second-order valence-corrected chi connectivity index (χ2v) is 6.88. The van der Waals surface area contributed by atoms with Crippen molar-refractivity contribution in [3.8, 4) is 11.5 Å². The minimum atomic E-state index is -3.65. The molecule has 1 heterocycles. The van der Waals surface area contributed by atoms with Crippen molar-refractivity contribution >= 4 is 22.4 Å². The minimum Gasteiger partial charge on any atom is -0.497 e. The predicted molar refractivity (Wildman–Crippen MR) is 87.4 cm³/mol. The normalized spacial score (nSPS) is 19.3. The third-order valence-electron chi connectivity index (χ3n) is 3.80. The van der Waals surface area contributed by atoms with E-state index in [1.807, 2.05) is 0 Å². The smallest absolute Gasteiger partial charge is 0.247 e. The van der Waals surface area contributed by atoms with Crippen LogP contribution in [0.5, 0.6) is 11.5 Å². The number of benzene rings is 1. The molecule has 0 amide bonds. The van der Waals surface area contributed by atoms with E-state index < -0.39 is 10.0 Å². The van der Waals surface area contributed by atoms with E-state index in [1.54, 1.807) is 12.1 Å². The van der Waals surface area contributed by atoms with E-state index in [1.165, 1.54) is 24.6 Å². The van der Waals surface area contributed by atoms with Gasteiger partial charge in [-0.05, 0) is 25.0 Å². The molecule has 1 unspecified atom stereocenters. The van der Waals surface area contributed by atoms with Crippen molar-refractivity contribution in [3.63, 3.8) is 0 Å². The molecular weight excluding hydrogens is 328 g/mol. The number of methoxy groups -OCH3 is 2. The first-order valence-electron chi connectivity index (χ1n) is 6.98. The molecule has 2 N–H and O–H groups in total. The molecule has 0 radical (unpaired) electrons. The fourth-order valence-electron chi connectivity index (χ4n) is 2.64. The first-order valence-corrected chi connectivity index (χ1v) is 8.42. The van der Waals surface area contributed by atoms with Crippen LogP contribution in [0, 0.1) is 0 Å². The van der Waals surface area contributed by atoms with E-state index in [2.05, 4.69) is 0 Å². The molecule has 0 saturated carbocycles. The van der Waals surface area contributed by atoms with Gasteiger partial charge in [0, 0.05) is 25.2 Å². The lowest BCUT2D eigenvalue weighted by Crippen LogP contribution is -2.47. The maximum Gasteiger partial charge on any atom is 0.247 e. The molecule has 1 aromatic rings. The van der Waals surface area contributed by atoms with Gasteiger partial charge in [-0.25, -0.2) is 8.42 Å². The molecule has 6 nitrogen and oxygen atoms in total. The Bertz CT molecular complexity index is 595. The van der Waals surface area contributed by atoms with Gasteiger partial charge >= 0.3 is 0 Å². The highest BCUT2D eigenvalue weighted by molar-refractivity contribution is 7.89. The van der Waals surface area contributed by atoms with Gasteiger partial charge in [0.25, 0.3) is 0 Å². The lowest BCUT2D eigenvalue weighted by molar-refractivity contribution is 0.256. The second-order valence-electron chi connectivity index (χ2n) is 5.02. The largest absolute Gasteiger partial charge is 0.497 e. The second kappa shape index (κ2) is 8.01. The Morgan fingerprint density at radius 3 is 2.59 bits per heavy atom. The Labute approximate surface area is 138 Å². The Morgan fingerprint density at radius 2 is 2.00 bits per heavy atom. The molecule has 1 atom stereocenters. The Hall–Kier alpha value is -1.02. The molecule has 0 bridgehead atoms. The monoisotopic (exact) mass is 350 g/mol. The van der Waals surface area contributed by atoms with Crippen LogP contribution in [-0.4, -0.2) is 46.1 Å². The van der Waals surface area contributed by atoms with Gasteiger partial charge in [-0.1, -0.05) is 6.42 Å². The maximum atomic E-state index is 12.9. The van der Waals surface area contributed by atoms with Crippen molar-refractivity contribution in [1.29, 1.82) is 0 Å². The van der Waals surface area contributed by atoms with Crippen LogP contribution >= 0.6 is 12.4 Å². The predicted octanol–water partition coefficient (Wildman–Crippen LogP) is 1.63. The molecule has 1 aromatic carbocycles. The summed E-state index contributed by atoms with van der Waals surface area (Å²) in [6.45, 7) is 0.816. The summed E-state index contributed by atoms with van der Waals surface area (Å²) in [4.78, 5) is 0.129. The third kappa shape index (κ3) is 3.65. The molecule has 8 heteroatoms. The minimum absolute atomic E-state index is 0. The fraction of sp³-hybridized carbons (Fsp3) is 0.571. The summed E-state index contributed by atoms with van der Waals surface area (Å²) in [7, 11) is -0.693. The zero-order valence-corrected chi connectivity index (χ0v) is 14.5. The van der Waals surface area contributed by atoms with E-state index in [9.17, 15) is 8.42 Å². The summed E-state index contributed by atoms with van der Waals surface area (Å²) in [5, 5.41) is 0. The van der Waals surface area contributed by atoms with Gasteiger partial charge in [0.2, 0.25) is 10.0 Å². The summed E-state index contributed by atoms with van der Waals surface area (Å²) in [6, 6.07) is 4.62. The zero-order valence-electron chi connectivity index (χ0n) is 12.8. The average Bonchev–Trinajstić information content (AvgIpc) is 2.54. The van der Waals surface area contributed by atoms with Crippen molar-refractivity contribution in [2.75, 3.05) is 27.3 Å². The van der Waals surface area contributed by atoms with E-state index in [4.69, 9.17) is 15.2 Å². The lowest BCUT2D eigenvalue weighted by atomic mass is 10.1. The Morgan fingerprint density at radius 1 is 1.27 bits per heavy atom. The summed E-state index contributed by atoms with van der Waals surface area (Å²) < 4.78 is 37.7.